The van der Waals surface area contributed by atoms with Gasteiger partial charge in [0.2, 0.25) is 5.13 Å². The third kappa shape index (κ3) is 4.05. The molecule has 4 rings (SSSR count). The fourth-order valence-electron chi connectivity index (χ4n) is 3.28. The lowest BCUT2D eigenvalue weighted by Crippen LogP contribution is -2.30. The monoisotopic (exact) mass is 392 g/mol. The Bertz CT molecular complexity index is 1050. The van der Waals surface area contributed by atoms with E-state index in [4.69, 9.17) is 5.73 Å². The van der Waals surface area contributed by atoms with Crippen molar-refractivity contribution in [1.82, 2.24) is 20.4 Å². The van der Waals surface area contributed by atoms with Gasteiger partial charge < -0.3 is 11.1 Å². The highest BCUT2D eigenvalue weighted by molar-refractivity contribution is 7.18. The standard InChI is InChI=1S/C21H24N6S/c1-13(2)10-16(22)12-23-21-27-26-20(28-21)15-8-9-18-17(11-15)19(25-24-18)14-6-4-3-5-7-14/h3-9,11,13,16H,10,12,22H2,1-2H3,(H,23,27)(H,24,25). The van der Waals surface area contributed by atoms with Crippen LogP contribution in [0, 0.1) is 5.92 Å². The SMILES string of the molecule is CC(C)CC(N)CNc1nnc(-c2ccc3[nH]nc(-c4ccccc4)c3c2)s1. The highest BCUT2D eigenvalue weighted by atomic mass is 32.1. The summed E-state index contributed by atoms with van der Waals surface area (Å²) in [6.45, 7) is 5.06. The predicted octanol–water partition coefficient (Wildman–Crippen LogP) is 4.53. The van der Waals surface area contributed by atoms with Gasteiger partial charge in [-0.3, -0.25) is 5.10 Å². The van der Waals surface area contributed by atoms with E-state index >= 15 is 0 Å². The molecule has 0 amide bonds. The lowest BCUT2D eigenvalue weighted by molar-refractivity contribution is 0.508. The van der Waals surface area contributed by atoms with E-state index in [0.29, 0.717) is 12.5 Å². The van der Waals surface area contributed by atoms with Crippen LogP contribution >= 0.6 is 11.3 Å². The van der Waals surface area contributed by atoms with Crippen LogP contribution in [0.3, 0.4) is 0 Å². The summed E-state index contributed by atoms with van der Waals surface area (Å²) in [6.07, 6.45) is 0.984. The van der Waals surface area contributed by atoms with Gasteiger partial charge in [0.25, 0.3) is 0 Å². The molecule has 0 aliphatic carbocycles. The average Bonchev–Trinajstić information content (AvgIpc) is 3.33. The molecule has 0 fully saturated rings. The molecule has 2 aromatic carbocycles. The fourth-order valence-corrected chi connectivity index (χ4v) is 4.03. The summed E-state index contributed by atoms with van der Waals surface area (Å²) in [4.78, 5) is 0. The number of hydrogen-bond acceptors (Lipinski definition) is 6. The molecular formula is C21H24N6S. The number of nitrogens with one attached hydrogen (secondary N) is 2. The van der Waals surface area contributed by atoms with Crippen LogP contribution in [-0.4, -0.2) is 33.0 Å². The summed E-state index contributed by atoms with van der Waals surface area (Å²) < 4.78 is 0. The highest BCUT2D eigenvalue weighted by Gasteiger charge is 2.13. The first-order valence-electron chi connectivity index (χ1n) is 9.47. The maximum Gasteiger partial charge on any atom is 0.206 e. The van der Waals surface area contributed by atoms with E-state index < -0.39 is 0 Å². The molecule has 7 heteroatoms. The van der Waals surface area contributed by atoms with Crippen LogP contribution in [0.1, 0.15) is 20.3 Å². The first-order valence-corrected chi connectivity index (χ1v) is 10.3. The molecule has 0 saturated carbocycles. The number of benzene rings is 2. The number of hydrogen-bond donors (Lipinski definition) is 3. The van der Waals surface area contributed by atoms with Gasteiger partial charge in [-0.1, -0.05) is 55.5 Å². The molecule has 0 saturated heterocycles. The second kappa shape index (κ2) is 8.08. The maximum atomic E-state index is 6.15. The number of fused-ring (bicyclic) bond motifs is 1. The maximum absolute atomic E-state index is 6.15. The average molecular weight is 393 g/mol. The van der Waals surface area contributed by atoms with Gasteiger partial charge in [-0.05, 0) is 30.5 Å². The first kappa shape index (κ1) is 18.6. The van der Waals surface area contributed by atoms with Crippen molar-refractivity contribution in [1.29, 1.82) is 0 Å². The zero-order valence-corrected chi connectivity index (χ0v) is 16.8. The van der Waals surface area contributed by atoms with Crippen molar-refractivity contribution in [3.8, 4) is 21.8 Å². The number of H-pyrrole nitrogens is 1. The molecule has 0 radical (unpaired) electrons. The number of aromatic amines is 1. The van der Waals surface area contributed by atoms with Gasteiger partial charge in [0.15, 0.2) is 0 Å². The Morgan fingerprint density at radius 1 is 1.07 bits per heavy atom. The number of aromatic nitrogens is 4. The minimum atomic E-state index is 0.114. The molecule has 28 heavy (non-hydrogen) atoms. The molecule has 0 bridgehead atoms. The summed E-state index contributed by atoms with van der Waals surface area (Å²) in [5.41, 5.74) is 10.2. The lowest BCUT2D eigenvalue weighted by atomic mass is 10.1. The molecule has 0 aliphatic heterocycles. The molecule has 1 unspecified atom stereocenters. The van der Waals surface area contributed by atoms with Crippen molar-refractivity contribution in [3.05, 3.63) is 48.5 Å². The Kier molecular flexibility index (Phi) is 5.36. The lowest BCUT2D eigenvalue weighted by Gasteiger charge is -2.13. The minimum Gasteiger partial charge on any atom is -0.359 e. The summed E-state index contributed by atoms with van der Waals surface area (Å²) in [5.74, 6) is 0.585. The van der Waals surface area contributed by atoms with E-state index in [2.05, 4.69) is 57.8 Å². The highest BCUT2D eigenvalue weighted by Crippen LogP contribution is 2.32. The fraction of sp³-hybridized carbons (Fsp3) is 0.286. The smallest absolute Gasteiger partial charge is 0.206 e. The van der Waals surface area contributed by atoms with Crippen LogP contribution < -0.4 is 11.1 Å². The van der Waals surface area contributed by atoms with Gasteiger partial charge in [0.1, 0.15) is 5.01 Å². The third-order valence-corrected chi connectivity index (χ3v) is 5.50. The van der Waals surface area contributed by atoms with Crippen LogP contribution in [0.4, 0.5) is 5.13 Å². The first-order chi connectivity index (χ1) is 13.6. The number of rotatable bonds is 7. The molecule has 144 valence electrons. The van der Waals surface area contributed by atoms with Crippen molar-refractivity contribution in [2.75, 3.05) is 11.9 Å². The normalized spacial score (nSPS) is 12.6. The number of anilines is 1. The summed E-state index contributed by atoms with van der Waals surface area (Å²) in [7, 11) is 0. The number of nitrogens with zero attached hydrogens (tertiary/aromatic N) is 3. The van der Waals surface area contributed by atoms with Crippen LogP contribution in [0.5, 0.6) is 0 Å². The molecule has 2 aromatic heterocycles. The van der Waals surface area contributed by atoms with E-state index in [9.17, 15) is 0 Å². The van der Waals surface area contributed by atoms with Gasteiger partial charge in [-0.2, -0.15) is 5.10 Å². The topological polar surface area (TPSA) is 92.5 Å². The van der Waals surface area contributed by atoms with Crippen molar-refractivity contribution in [2.24, 2.45) is 11.7 Å². The van der Waals surface area contributed by atoms with Gasteiger partial charge in [-0.15, -0.1) is 10.2 Å². The van der Waals surface area contributed by atoms with Gasteiger partial charge in [0, 0.05) is 29.1 Å². The Morgan fingerprint density at radius 2 is 1.89 bits per heavy atom. The van der Waals surface area contributed by atoms with Crippen LogP contribution in [0.2, 0.25) is 0 Å². The predicted molar refractivity (Wildman–Crippen MR) is 116 cm³/mol. The second-order valence-electron chi connectivity index (χ2n) is 7.38. The van der Waals surface area contributed by atoms with E-state index in [1.807, 2.05) is 30.3 Å². The molecule has 4 aromatic rings. The Hall–Kier alpha value is -2.77. The Labute approximate surface area is 168 Å². The quantitative estimate of drug-likeness (QED) is 0.430. The molecule has 2 heterocycles. The Balaban J connectivity index is 1.56. The van der Waals surface area contributed by atoms with E-state index in [0.717, 1.165) is 44.3 Å². The largest absolute Gasteiger partial charge is 0.359 e. The molecule has 0 aliphatic rings. The third-order valence-electron chi connectivity index (χ3n) is 4.57. The molecule has 1 atom stereocenters. The van der Waals surface area contributed by atoms with E-state index in [-0.39, 0.29) is 6.04 Å². The Morgan fingerprint density at radius 3 is 2.68 bits per heavy atom. The van der Waals surface area contributed by atoms with Crippen molar-refractivity contribution in [3.63, 3.8) is 0 Å². The van der Waals surface area contributed by atoms with Crippen LogP contribution in [-0.2, 0) is 0 Å². The van der Waals surface area contributed by atoms with Crippen molar-refractivity contribution in [2.45, 2.75) is 26.3 Å². The zero-order chi connectivity index (χ0) is 19.5. The molecule has 0 spiro atoms. The summed E-state index contributed by atoms with van der Waals surface area (Å²) in [6, 6.07) is 16.5. The van der Waals surface area contributed by atoms with Gasteiger partial charge in [-0.25, -0.2) is 0 Å². The molecule has 4 N–H and O–H groups in total. The van der Waals surface area contributed by atoms with Gasteiger partial charge in [0.05, 0.1) is 11.2 Å². The summed E-state index contributed by atoms with van der Waals surface area (Å²) in [5, 5.41) is 22.3. The number of nitrogens with two attached hydrogens (primary N) is 1. The summed E-state index contributed by atoms with van der Waals surface area (Å²) >= 11 is 1.54. The van der Waals surface area contributed by atoms with E-state index in [1.54, 1.807) is 11.3 Å². The molecule has 6 nitrogen and oxygen atoms in total. The van der Waals surface area contributed by atoms with Crippen molar-refractivity contribution >= 4 is 27.4 Å². The van der Waals surface area contributed by atoms with Crippen LogP contribution in [0.15, 0.2) is 48.5 Å². The second-order valence-corrected chi connectivity index (χ2v) is 8.36. The zero-order valence-electron chi connectivity index (χ0n) is 16.0. The minimum absolute atomic E-state index is 0.114. The van der Waals surface area contributed by atoms with E-state index in [1.165, 1.54) is 0 Å². The van der Waals surface area contributed by atoms with Gasteiger partial charge >= 0.3 is 0 Å². The molecular weight excluding hydrogens is 368 g/mol. The van der Waals surface area contributed by atoms with Crippen LogP contribution in [0.25, 0.3) is 32.7 Å². The van der Waals surface area contributed by atoms with Crippen molar-refractivity contribution < 1.29 is 0 Å².